The first-order valence-corrected chi connectivity index (χ1v) is 6.92. The fourth-order valence-corrected chi connectivity index (χ4v) is 2.40. The molecule has 0 amide bonds. The van der Waals surface area contributed by atoms with E-state index in [1.165, 1.54) is 0 Å². The molecule has 0 aliphatic rings. The van der Waals surface area contributed by atoms with E-state index in [0.29, 0.717) is 0 Å². The number of thioether (sulfide) groups is 1. The first-order chi connectivity index (χ1) is 8.42. The molecule has 0 aliphatic heterocycles. The summed E-state index contributed by atoms with van der Waals surface area (Å²) in [7, 11) is 0. The number of hydrogen-bond donors (Lipinski definition) is 2. The lowest BCUT2D eigenvalue weighted by molar-refractivity contribution is 0.296. The molecule has 2 N–H and O–H groups in total. The van der Waals surface area contributed by atoms with Gasteiger partial charge in [-0.25, -0.2) is 4.98 Å². The van der Waals surface area contributed by atoms with E-state index in [9.17, 15) is 0 Å². The lowest BCUT2D eigenvalue weighted by Gasteiger charge is -2.08. The zero-order chi connectivity index (χ0) is 11.9. The van der Waals surface area contributed by atoms with Crippen molar-refractivity contribution in [1.82, 2.24) is 9.38 Å². The first-order valence-electron chi connectivity index (χ1n) is 5.76. The number of aromatic nitrogens is 2. The predicted molar refractivity (Wildman–Crippen MR) is 72.7 cm³/mol. The fourth-order valence-electron chi connectivity index (χ4n) is 1.61. The molecule has 17 heavy (non-hydrogen) atoms. The molecule has 2 heterocycles. The van der Waals surface area contributed by atoms with Crippen molar-refractivity contribution in [3.8, 4) is 0 Å². The van der Waals surface area contributed by atoms with Crippen LogP contribution in [0.3, 0.4) is 0 Å². The molecule has 0 saturated heterocycles. The van der Waals surface area contributed by atoms with E-state index >= 15 is 0 Å². The van der Waals surface area contributed by atoms with Gasteiger partial charge in [0.2, 0.25) is 0 Å². The van der Waals surface area contributed by atoms with Crippen molar-refractivity contribution >= 4 is 23.2 Å². The Morgan fingerprint density at radius 3 is 3.18 bits per heavy atom. The van der Waals surface area contributed by atoms with Crippen LogP contribution in [-0.2, 0) is 0 Å². The second-order valence-corrected chi connectivity index (χ2v) is 4.91. The van der Waals surface area contributed by atoms with Crippen molar-refractivity contribution in [1.29, 1.82) is 0 Å². The average Bonchev–Trinajstić information content (AvgIpc) is 2.82. The SMILES string of the molecule is OCCCSCCNc1cccc2nccn12. The van der Waals surface area contributed by atoms with Gasteiger partial charge in [0, 0.05) is 31.3 Å². The molecule has 4 nitrogen and oxygen atoms in total. The molecule has 0 bridgehead atoms. The molecule has 0 saturated carbocycles. The maximum atomic E-state index is 8.66. The van der Waals surface area contributed by atoms with Gasteiger partial charge in [-0.05, 0) is 24.3 Å². The third-order valence-corrected chi connectivity index (χ3v) is 3.50. The summed E-state index contributed by atoms with van der Waals surface area (Å²) in [6.07, 6.45) is 4.63. The van der Waals surface area contributed by atoms with Gasteiger partial charge in [-0.2, -0.15) is 11.8 Å². The molecular formula is C12H17N3OS. The number of anilines is 1. The highest BCUT2D eigenvalue weighted by Gasteiger charge is 1.98. The third kappa shape index (κ3) is 3.38. The van der Waals surface area contributed by atoms with Gasteiger partial charge in [0.05, 0.1) is 0 Å². The van der Waals surface area contributed by atoms with E-state index in [1.54, 1.807) is 6.20 Å². The molecule has 5 heteroatoms. The van der Waals surface area contributed by atoms with Crippen molar-refractivity contribution in [2.24, 2.45) is 0 Å². The highest BCUT2D eigenvalue weighted by atomic mass is 32.2. The summed E-state index contributed by atoms with van der Waals surface area (Å²) in [5.74, 6) is 3.14. The number of hydrogen-bond acceptors (Lipinski definition) is 4. The zero-order valence-electron chi connectivity index (χ0n) is 9.67. The molecule has 0 aromatic carbocycles. The quantitative estimate of drug-likeness (QED) is 0.738. The zero-order valence-corrected chi connectivity index (χ0v) is 10.5. The number of fused-ring (bicyclic) bond motifs is 1. The van der Waals surface area contributed by atoms with Crippen LogP contribution in [0, 0.1) is 0 Å². The second kappa shape index (κ2) is 6.51. The Balaban J connectivity index is 1.80. The fraction of sp³-hybridized carbons (Fsp3) is 0.417. The minimum absolute atomic E-state index is 0.286. The summed E-state index contributed by atoms with van der Waals surface area (Å²) in [6, 6.07) is 6.04. The van der Waals surface area contributed by atoms with Gasteiger partial charge in [-0.15, -0.1) is 0 Å². The molecule has 0 fully saturated rings. The molecule has 92 valence electrons. The van der Waals surface area contributed by atoms with Crippen LogP contribution in [0.2, 0.25) is 0 Å². The maximum Gasteiger partial charge on any atom is 0.138 e. The molecule has 0 spiro atoms. The van der Waals surface area contributed by atoms with Gasteiger partial charge in [0.1, 0.15) is 11.5 Å². The summed E-state index contributed by atoms with van der Waals surface area (Å²) in [4.78, 5) is 4.24. The summed E-state index contributed by atoms with van der Waals surface area (Å²) in [5.41, 5.74) is 0.961. The molecule has 0 aliphatic carbocycles. The van der Waals surface area contributed by atoms with E-state index in [2.05, 4.69) is 10.3 Å². The van der Waals surface area contributed by atoms with E-state index in [1.807, 2.05) is 40.6 Å². The van der Waals surface area contributed by atoms with Gasteiger partial charge in [-0.1, -0.05) is 6.07 Å². The molecular weight excluding hydrogens is 234 g/mol. The van der Waals surface area contributed by atoms with Crippen LogP contribution < -0.4 is 5.32 Å². The molecule has 2 aromatic heterocycles. The van der Waals surface area contributed by atoms with Gasteiger partial charge < -0.3 is 10.4 Å². The summed E-state index contributed by atoms with van der Waals surface area (Å²) in [5, 5.41) is 12.0. The Morgan fingerprint density at radius 1 is 1.35 bits per heavy atom. The van der Waals surface area contributed by atoms with Gasteiger partial charge in [0.25, 0.3) is 0 Å². The maximum absolute atomic E-state index is 8.66. The number of aliphatic hydroxyl groups is 1. The Hall–Kier alpha value is -1.20. The highest BCUT2D eigenvalue weighted by Crippen LogP contribution is 2.11. The van der Waals surface area contributed by atoms with E-state index in [0.717, 1.165) is 35.9 Å². The molecule has 0 atom stereocenters. The second-order valence-electron chi connectivity index (χ2n) is 3.68. The molecule has 2 aromatic rings. The van der Waals surface area contributed by atoms with E-state index in [4.69, 9.17) is 5.11 Å². The van der Waals surface area contributed by atoms with E-state index in [-0.39, 0.29) is 6.61 Å². The molecule has 0 radical (unpaired) electrons. The smallest absolute Gasteiger partial charge is 0.138 e. The number of rotatable bonds is 7. The van der Waals surface area contributed by atoms with Crippen molar-refractivity contribution in [3.63, 3.8) is 0 Å². The number of nitrogens with one attached hydrogen (secondary N) is 1. The molecule has 2 rings (SSSR count). The number of aliphatic hydroxyl groups excluding tert-OH is 1. The van der Waals surface area contributed by atoms with Crippen molar-refractivity contribution in [2.75, 3.05) is 30.0 Å². The lowest BCUT2D eigenvalue weighted by atomic mass is 10.4. The van der Waals surface area contributed by atoms with Crippen LogP contribution in [0.5, 0.6) is 0 Å². The summed E-state index contributed by atoms with van der Waals surface area (Å²) in [6.45, 7) is 1.21. The standard InChI is InChI=1S/C12H17N3OS/c16-8-2-9-17-10-6-14-12-4-1-3-11-13-5-7-15(11)12/h1,3-5,7,14,16H,2,6,8-10H2. The third-order valence-electron chi connectivity index (χ3n) is 2.43. The Labute approximate surface area is 105 Å². The van der Waals surface area contributed by atoms with Crippen molar-refractivity contribution in [2.45, 2.75) is 6.42 Å². The largest absolute Gasteiger partial charge is 0.396 e. The first kappa shape index (κ1) is 12.3. The van der Waals surface area contributed by atoms with Crippen LogP contribution >= 0.6 is 11.8 Å². The van der Waals surface area contributed by atoms with Gasteiger partial charge >= 0.3 is 0 Å². The Bertz CT molecular complexity index is 458. The van der Waals surface area contributed by atoms with Crippen LogP contribution in [-0.4, -0.2) is 39.1 Å². The van der Waals surface area contributed by atoms with Crippen LogP contribution in [0.25, 0.3) is 5.65 Å². The molecule has 0 unspecified atom stereocenters. The number of pyridine rings is 1. The van der Waals surface area contributed by atoms with Crippen LogP contribution in [0.4, 0.5) is 5.82 Å². The minimum Gasteiger partial charge on any atom is -0.396 e. The highest BCUT2D eigenvalue weighted by molar-refractivity contribution is 7.99. The lowest BCUT2D eigenvalue weighted by Crippen LogP contribution is -2.07. The van der Waals surface area contributed by atoms with Crippen LogP contribution in [0.15, 0.2) is 30.6 Å². The summed E-state index contributed by atoms with van der Waals surface area (Å²) >= 11 is 1.86. The predicted octanol–water partition coefficient (Wildman–Crippen LogP) is 1.86. The van der Waals surface area contributed by atoms with E-state index < -0.39 is 0 Å². The number of nitrogens with zero attached hydrogens (tertiary/aromatic N) is 2. The monoisotopic (exact) mass is 251 g/mol. The Kier molecular flexibility index (Phi) is 4.70. The summed E-state index contributed by atoms with van der Waals surface area (Å²) < 4.78 is 2.04. The Morgan fingerprint density at radius 2 is 2.29 bits per heavy atom. The van der Waals surface area contributed by atoms with Gasteiger partial charge in [0.15, 0.2) is 0 Å². The van der Waals surface area contributed by atoms with Crippen LogP contribution in [0.1, 0.15) is 6.42 Å². The topological polar surface area (TPSA) is 49.6 Å². The minimum atomic E-state index is 0.286. The van der Waals surface area contributed by atoms with Gasteiger partial charge in [-0.3, -0.25) is 4.40 Å². The van der Waals surface area contributed by atoms with Crippen molar-refractivity contribution in [3.05, 3.63) is 30.6 Å². The average molecular weight is 251 g/mol. The number of imidazole rings is 1. The van der Waals surface area contributed by atoms with Crippen molar-refractivity contribution < 1.29 is 5.11 Å². The normalized spacial score (nSPS) is 10.9.